The van der Waals surface area contributed by atoms with E-state index in [1.54, 1.807) is 11.4 Å². The van der Waals surface area contributed by atoms with Gasteiger partial charge in [0.25, 0.3) is 5.91 Å². The number of nitriles is 1. The molecule has 0 fully saturated rings. The van der Waals surface area contributed by atoms with Gasteiger partial charge in [-0.15, -0.1) is 11.3 Å². The van der Waals surface area contributed by atoms with Crippen molar-refractivity contribution in [1.82, 2.24) is 10.2 Å². The molecule has 4 N–H and O–H groups in total. The second kappa shape index (κ2) is 5.12. The molecule has 6 nitrogen and oxygen atoms in total. The average Bonchev–Trinajstić information content (AvgIpc) is 2.95. The van der Waals surface area contributed by atoms with Gasteiger partial charge in [0.15, 0.2) is 5.69 Å². The first-order chi connectivity index (χ1) is 9.04. The Morgan fingerprint density at radius 3 is 2.95 bits per heavy atom. The van der Waals surface area contributed by atoms with Gasteiger partial charge in [-0.2, -0.15) is 10.4 Å². The van der Waals surface area contributed by atoms with Crippen molar-refractivity contribution in [2.45, 2.75) is 19.8 Å². The fraction of sp³-hybridized carbons (Fsp3) is 0.250. The maximum Gasteiger partial charge on any atom is 0.278 e. The first kappa shape index (κ1) is 13.1. The molecule has 0 aromatic carbocycles. The Morgan fingerprint density at radius 2 is 2.37 bits per heavy atom. The number of carbonyl (C=O) groups is 1. The Balaban J connectivity index is 2.24. The lowest BCUT2D eigenvalue weighted by molar-refractivity contribution is 0.102. The van der Waals surface area contributed by atoms with E-state index in [0.29, 0.717) is 16.3 Å². The van der Waals surface area contributed by atoms with E-state index in [9.17, 15) is 4.79 Å². The van der Waals surface area contributed by atoms with Crippen LogP contribution in [0.3, 0.4) is 0 Å². The zero-order valence-corrected chi connectivity index (χ0v) is 11.3. The second-order valence-electron chi connectivity index (χ2n) is 4.28. The van der Waals surface area contributed by atoms with Gasteiger partial charge in [0.1, 0.15) is 11.1 Å². The zero-order valence-electron chi connectivity index (χ0n) is 10.5. The molecule has 0 saturated carbocycles. The summed E-state index contributed by atoms with van der Waals surface area (Å²) in [4.78, 5) is 12.1. The minimum Gasteiger partial charge on any atom is -0.395 e. The number of hydrogen-bond acceptors (Lipinski definition) is 5. The summed E-state index contributed by atoms with van der Waals surface area (Å²) in [6.45, 7) is 3.91. The van der Waals surface area contributed by atoms with E-state index < -0.39 is 5.91 Å². The SMILES string of the molecule is CC(C)c1[nH]nc(C(=O)Nc2sccc2C#N)c1N. The number of nitrogens with two attached hydrogens (primary N) is 1. The number of rotatable bonds is 3. The molecule has 1 amide bonds. The molecule has 2 aromatic heterocycles. The van der Waals surface area contributed by atoms with Gasteiger partial charge >= 0.3 is 0 Å². The Morgan fingerprint density at radius 1 is 1.63 bits per heavy atom. The van der Waals surface area contributed by atoms with Crippen molar-refractivity contribution in [3.8, 4) is 6.07 Å². The number of thiophene rings is 1. The van der Waals surface area contributed by atoms with Crippen LogP contribution in [-0.2, 0) is 0 Å². The number of nitrogens with one attached hydrogen (secondary N) is 2. The van der Waals surface area contributed by atoms with Gasteiger partial charge in [0.2, 0.25) is 0 Å². The fourth-order valence-electron chi connectivity index (χ4n) is 1.63. The van der Waals surface area contributed by atoms with Crippen LogP contribution in [0.4, 0.5) is 10.7 Å². The van der Waals surface area contributed by atoms with E-state index in [1.807, 2.05) is 19.9 Å². The summed E-state index contributed by atoms with van der Waals surface area (Å²) in [5.41, 5.74) is 7.55. The van der Waals surface area contributed by atoms with E-state index in [2.05, 4.69) is 15.5 Å². The normalized spacial score (nSPS) is 10.4. The lowest BCUT2D eigenvalue weighted by atomic mass is 10.1. The van der Waals surface area contributed by atoms with Crippen LogP contribution >= 0.6 is 11.3 Å². The first-order valence-corrected chi connectivity index (χ1v) is 6.55. The molecule has 0 spiro atoms. The van der Waals surface area contributed by atoms with Crippen LogP contribution in [0, 0.1) is 11.3 Å². The van der Waals surface area contributed by atoms with Crippen molar-refractivity contribution in [1.29, 1.82) is 5.26 Å². The number of anilines is 2. The highest BCUT2D eigenvalue weighted by Crippen LogP contribution is 2.25. The number of nitrogens with zero attached hydrogens (tertiary/aromatic N) is 2. The quantitative estimate of drug-likeness (QED) is 0.798. The van der Waals surface area contributed by atoms with Gasteiger partial charge in [0, 0.05) is 0 Å². The number of hydrogen-bond donors (Lipinski definition) is 3. The first-order valence-electron chi connectivity index (χ1n) is 5.67. The molecule has 2 aromatic rings. The summed E-state index contributed by atoms with van der Waals surface area (Å²) in [6.07, 6.45) is 0. The standard InChI is InChI=1S/C12H13N5OS/c1-6(2)9-8(14)10(17-16-9)11(18)15-12-7(5-13)3-4-19-12/h3-4,6H,14H2,1-2H3,(H,15,18)(H,16,17). The third kappa shape index (κ3) is 2.44. The molecule has 2 rings (SSSR count). The average molecular weight is 275 g/mol. The van der Waals surface area contributed by atoms with E-state index in [4.69, 9.17) is 11.0 Å². The second-order valence-corrected chi connectivity index (χ2v) is 5.20. The molecular weight excluding hydrogens is 262 g/mol. The van der Waals surface area contributed by atoms with Crippen LogP contribution in [0.15, 0.2) is 11.4 Å². The topological polar surface area (TPSA) is 108 Å². The molecule has 2 heterocycles. The predicted molar refractivity (Wildman–Crippen MR) is 74.1 cm³/mol. The third-order valence-corrected chi connectivity index (χ3v) is 3.47. The molecule has 0 unspecified atom stereocenters. The Bertz CT molecular complexity index is 649. The van der Waals surface area contributed by atoms with Crippen molar-refractivity contribution in [2.24, 2.45) is 0 Å². The van der Waals surface area contributed by atoms with Gasteiger partial charge in [-0.25, -0.2) is 0 Å². The lowest BCUT2D eigenvalue weighted by Gasteiger charge is -2.03. The number of aromatic nitrogens is 2. The Labute approximate surface area is 114 Å². The largest absolute Gasteiger partial charge is 0.395 e. The molecule has 0 saturated heterocycles. The number of H-pyrrole nitrogens is 1. The number of aromatic amines is 1. The molecule has 19 heavy (non-hydrogen) atoms. The number of carbonyl (C=O) groups excluding carboxylic acids is 1. The van der Waals surface area contributed by atoms with Crippen molar-refractivity contribution >= 4 is 27.9 Å². The summed E-state index contributed by atoms with van der Waals surface area (Å²) >= 11 is 1.28. The maximum absolute atomic E-state index is 12.1. The van der Waals surface area contributed by atoms with Crippen LogP contribution in [-0.4, -0.2) is 16.1 Å². The van der Waals surface area contributed by atoms with Crippen molar-refractivity contribution < 1.29 is 4.79 Å². The van der Waals surface area contributed by atoms with Crippen LogP contribution in [0.5, 0.6) is 0 Å². The summed E-state index contributed by atoms with van der Waals surface area (Å²) in [6, 6.07) is 3.65. The molecule has 0 radical (unpaired) electrons. The molecule has 0 aliphatic rings. The summed E-state index contributed by atoms with van der Waals surface area (Å²) in [5, 5.41) is 20.5. The molecular formula is C12H13N5OS. The molecule has 0 aliphatic heterocycles. The van der Waals surface area contributed by atoms with E-state index in [1.165, 1.54) is 11.3 Å². The monoisotopic (exact) mass is 275 g/mol. The summed E-state index contributed by atoms with van der Waals surface area (Å²) in [5.74, 6) is -0.259. The van der Waals surface area contributed by atoms with Crippen molar-refractivity contribution in [3.63, 3.8) is 0 Å². The minimum atomic E-state index is -0.417. The Hall–Kier alpha value is -2.33. The van der Waals surface area contributed by atoms with E-state index in [-0.39, 0.29) is 11.6 Å². The minimum absolute atomic E-state index is 0.154. The van der Waals surface area contributed by atoms with Crippen molar-refractivity contribution in [3.05, 3.63) is 28.4 Å². The molecule has 0 aliphatic carbocycles. The van der Waals surface area contributed by atoms with Crippen LogP contribution in [0.1, 0.15) is 41.5 Å². The van der Waals surface area contributed by atoms with Gasteiger partial charge in [0.05, 0.1) is 16.9 Å². The number of nitrogen functional groups attached to an aromatic ring is 1. The molecule has 98 valence electrons. The van der Waals surface area contributed by atoms with Gasteiger partial charge < -0.3 is 11.1 Å². The fourth-order valence-corrected chi connectivity index (χ4v) is 2.37. The van der Waals surface area contributed by atoms with Crippen LogP contribution in [0.2, 0.25) is 0 Å². The maximum atomic E-state index is 12.1. The third-order valence-electron chi connectivity index (χ3n) is 2.64. The highest BCUT2D eigenvalue weighted by atomic mass is 32.1. The number of amides is 1. The van der Waals surface area contributed by atoms with Gasteiger partial charge in [-0.3, -0.25) is 9.89 Å². The van der Waals surface area contributed by atoms with Crippen LogP contribution in [0.25, 0.3) is 0 Å². The smallest absolute Gasteiger partial charge is 0.278 e. The molecule has 0 atom stereocenters. The predicted octanol–water partition coefficient (Wildman–Crippen LogP) is 2.30. The molecule has 7 heteroatoms. The molecule has 0 bridgehead atoms. The Kier molecular flexibility index (Phi) is 3.53. The van der Waals surface area contributed by atoms with Crippen molar-refractivity contribution in [2.75, 3.05) is 11.1 Å². The van der Waals surface area contributed by atoms with Gasteiger partial charge in [-0.05, 0) is 17.4 Å². The highest BCUT2D eigenvalue weighted by molar-refractivity contribution is 7.14. The summed E-state index contributed by atoms with van der Waals surface area (Å²) in [7, 11) is 0. The highest BCUT2D eigenvalue weighted by Gasteiger charge is 2.20. The summed E-state index contributed by atoms with van der Waals surface area (Å²) < 4.78 is 0. The van der Waals surface area contributed by atoms with Crippen LogP contribution < -0.4 is 11.1 Å². The van der Waals surface area contributed by atoms with Gasteiger partial charge in [-0.1, -0.05) is 13.8 Å². The van der Waals surface area contributed by atoms with E-state index >= 15 is 0 Å². The zero-order chi connectivity index (χ0) is 14.0. The lowest BCUT2D eigenvalue weighted by Crippen LogP contribution is -2.14. The van der Waals surface area contributed by atoms with E-state index in [0.717, 1.165) is 5.69 Å².